The molecule has 5 rings (SSSR count). The maximum Gasteiger partial charge on any atom is 0.326 e. The van der Waals surface area contributed by atoms with E-state index in [1.165, 1.54) is 0 Å². The van der Waals surface area contributed by atoms with Crippen LogP contribution in [0.15, 0.2) is 71.3 Å². The number of nitrogens with zero attached hydrogens (tertiary/aromatic N) is 2. The summed E-state index contributed by atoms with van der Waals surface area (Å²) in [5, 5.41) is 5.79. The number of fused-ring (bicyclic) bond motifs is 3. The SMILES string of the molecule is O=C(NCc1ccco1)c1ccc(NC(=O)N2C[C@@H]3CCCN3c3ccccc32)cc1. The molecular weight excluding hydrogens is 392 g/mol. The second-order valence-electron chi connectivity index (χ2n) is 7.86. The summed E-state index contributed by atoms with van der Waals surface area (Å²) < 4.78 is 5.22. The van der Waals surface area contributed by atoms with Crippen molar-refractivity contribution in [1.82, 2.24) is 5.32 Å². The van der Waals surface area contributed by atoms with Gasteiger partial charge in [0.15, 0.2) is 0 Å². The van der Waals surface area contributed by atoms with Crippen LogP contribution in [0.5, 0.6) is 0 Å². The van der Waals surface area contributed by atoms with Crippen molar-refractivity contribution in [3.05, 3.63) is 78.3 Å². The van der Waals surface area contributed by atoms with Crippen LogP contribution < -0.4 is 20.4 Å². The Morgan fingerprint density at radius 3 is 2.58 bits per heavy atom. The van der Waals surface area contributed by atoms with Crippen molar-refractivity contribution in [3.63, 3.8) is 0 Å². The number of anilines is 3. The lowest BCUT2D eigenvalue weighted by Crippen LogP contribution is -2.49. The van der Waals surface area contributed by atoms with E-state index < -0.39 is 0 Å². The molecule has 7 nitrogen and oxygen atoms in total. The van der Waals surface area contributed by atoms with E-state index in [9.17, 15) is 9.59 Å². The van der Waals surface area contributed by atoms with E-state index in [4.69, 9.17) is 4.42 Å². The largest absolute Gasteiger partial charge is 0.467 e. The molecule has 31 heavy (non-hydrogen) atoms. The van der Waals surface area contributed by atoms with Gasteiger partial charge in [0, 0.05) is 30.4 Å². The Morgan fingerprint density at radius 2 is 1.81 bits per heavy atom. The third kappa shape index (κ3) is 3.86. The predicted molar refractivity (Wildman–Crippen MR) is 119 cm³/mol. The van der Waals surface area contributed by atoms with Gasteiger partial charge in [0.25, 0.3) is 5.91 Å². The third-order valence-corrected chi connectivity index (χ3v) is 5.90. The summed E-state index contributed by atoms with van der Waals surface area (Å²) >= 11 is 0. The van der Waals surface area contributed by atoms with Crippen molar-refractivity contribution in [2.75, 3.05) is 28.2 Å². The highest BCUT2D eigenvalue weighted by Gasteiger charge is 2.36. The van der Waals surface area contributed by atoms with Crippen LogP contribution in [0.1, 0.15) is 29.0 Å². The minimum absolute atomic E-state index is 0.158. The first-order valence-electron chi connectivity index (χ1n) is 10.5. The fourth-order valence-electron chi connectivity index (χ4n) is 4.36. The van der Waals surface area contributed by atoms with E-state index in [0.29, 0.717) is 36.1 Å². The standard InChI is InChI=1S/C24H24N4O3/c29-23(25-15-20-6-4-14-31-20)17-9-11-18(12-10-17)26-24(30)28-16-19-5-3-13-27(19)21-7-1-2-8-22(21)28/h1-2,4,6-12,14,19H,3,5,13,15-16H2,(H,25,29)(H,26,30)/t19-/m0/s1. The Morgan fingerprint density at radius 1 is 1.00 bits per heavy atom. The van der Waals surface area contributed by atoms with Crippen LogP contribution in [0, 0.1) is 0 Å². The van der Waals surface area contributed by atoms with E-state index in [-0.39, 0.29) is 11.9 Å². The molecule has 1 saturated heterocycles. The number of carbonyl (C=O) groups is 2. The van der Waals surface area contributed by atoms with E-state index in [0.717, 1.165) is 30.8 Å². The lowest BCUT2D eigenvalue weighted by molar-refractivity contribution is 0.0948. The van der Waals surface area contributed by atoms with Crippen molar-refractivity contribution in [3.8, 4) is 0 Å². The van der Waals surface area contributed by atoms with Gasteiger partial charge in [0.1, 0.15) is 5.76 Å². The van der Waals surface area contributed by atoms with Crippen molar-refractivity contribution < 1.29 is 14.0 Å². The van der Waals surface area contributed by atoms with Crippen LogP contribution >= 0.6 is 0 Å². The second-order valence-corrected chi connectivity index (χ2v) is 7.86. The number of urea groups is 1. The lowest BCUT2D eigenvalue weighted by Gasteiger charge is -2.40. The van der Waals surface area contributed by atoms with E-state index in [1.807, 2.05) is 29.2 Å². The molecule has 2 aliphatic rings. The van der Waals surface area contributed by atoms with Crippen LogP contribution in [-0.4, -0.2) is 31.1 Å². The maximum atomic E-state index is 13.1. The molecule has 2 aromatic carbocycles. The number of nitrogens with one attached hydrogen (secondary N) is 2. The Labute approximate surface area is 180 Å². The van der Waals surface area contributed by atoms with Crippen molar-refractivity contribution >= 4 is 29.0 Å². The molecule has 0 radical (unpaired) electrons. The van der Waals surface area contributed by atoms with Crippen LogP contribution in [0.3, 0.4) is 0 Å². The molecule has 1 atom stereocenters. The third-order valence-electron chi connectivity index (χ3n) is 5.90. The molecule has 7 heteroatoms. The topological polar surface area (TPSA) is 77.8 Å². The first kappa shape index (κ1) is 19.2. The lowest BCUT2D eigenvalue weighted by atomic mass is 10.1. The van der Waals surface area contributed by atoms with Crippen LogP contribution in [0.2, 0.25) is 0 Å². The number of para-hydroxylation sites is 2. The first-order chi connectivity index (χ1) is 15.2. The van der Waals surface area contributed by atoms with Gasteiger partial charge >= 0.3 is 6.03 Å². The molecule has 3 heterocycles. The molecule has 3 amide bonds. The number of benzene rings is 2. The average molecular weight is 416 g/mol. The predicted octanol–water partition coefficient (Wildman–Crippen LogP) is 4.23. The maximum absolute atomic E-state index is 13.1. The first-order valence-corrected chi connectivity index (χ1v) is 10.5. The molecule has 0 aliphatic carbocycles. The van der Waals surface area contributed by atoms with Gasteiger partial charge in [0.05, 0.1) is 24.2 Å². The van der Waals surface area contributed by atoms with Gasteiger partial charge in [-0.3, -0.25) is 9.69 Å². The Balaban J connectivity index is 1.25. The molecule has 158 valence electrons. The fraction of sp³-hybridized carbons (Fsp3) is 0.250. The molecule has 0 spiro atoms. The van der Waals surface area contributed by atoms with Gasteiger partial charge in [0.2, 0.25) is 0 Å². The quantitative estimate of drug-likeness (QED) is 0.667. The second kappa shape index (κ2) is 8.18. The van der Waals surface area contributed by atoms with Gasteiger partial charge in [-0.1, -0.05) is 12.1 Å². The van der Waals surface area contributed by atoms with Gasteiger partial charge in [-0.2, -0.15) is 0 Å². The van der Waals surface area contributed by atoms with Crippen molar-refractivity contribution in [2.45, 2.75) is 25.4 Å². The van der Waals surface area contributed by atoms with Crippen molar-refractivity contribution in [2.24, 2.45) is 0 Å². The number of carbonyl (C=O) groups excluding carboxylic acids is 2. The summed E-state index contributed by atoms with van der Waals surface area (Å²) in [6, 6.07) is 18.8. The molecule has 2 N–H and O–H groups in total. The van der Waals surface area contributed by atoms with Crippen LogP contribution in [-0.2, 0) is 6.54 Å². The smallest absolute Gasteiger partial charge is 0.326 e. The van der Waals surface area contributed by atoms with Crippen LogP contribution in [0.25, 0.3) is 0 Å². The summed E-state index contributed by atoms with van der Waals surface area (Å²) in [4.78, 5) is 29.6. The normalized spacial score (nSPS) is 17.1. The molecule has 0 saturated carbocycles. The van der Waals surface area contributed by atoms with E-state index >= 15 is 0 Å². The summed E-state index contributed by atoms with van der Waals surface area (Å²) in [7, 11) is 0. The zero-order chi connectivity index (χ0) is 21.2. The van der Waals surface area contributed by atoms with Gasteiger partial charge in [-0.15, -0.1) is 0 Å². The minimum atomic E-state index is -0.194. The van der Waals surface area contributed by atoms with Gasteiger partial charge in [-0.05, 0) is 61.4 Å². The zero-order valence-corrected chi connectivity index (χ0v) is 17.1. The number of rotatable bonds is 4. The molecule has 1 fully saturated rings. The van der Waals surface area contributed by atoms with Crippen molar-refractivity contribution in [1.29, 1.82) is 0 Å². The molecule has 2 aliphatic heterocycles. The molecule has 1 aromatic heterocycles. The molecular formula is C24H24N4O3. The number of amides is 3. The minimum Gasteiger partial charge on any atom is -0.467 e. The summed E-state index contributed by atoms with van der Waals surface area (Å²) in [6.07, 6.45) is 3.82. The highest BCUT2D eigenvalue weighted by Crippen LogP contribution is 2.39. The zero-order valence-electron chi connectivity index (χ0n) is 17.1. The summed E-state index contributed by atoms with van der Waals surface area (Å²) in [6.45, 7) is 2.05. The molecule has 0 unspecified atom stereocenters. The Hall–Kier alpha value is -3.74. The van der Waals surface area contributed by atoms with Gasteiger partial charge < -0.3 is 20.0 Å². The number of hydrogen-bond acceptors (Lipinski definition) is 4. The van der Waals surface area contributed by atoms with E-state index in [2.05, 4.69) is 21.6 Å². The van der Waals surface area contributed by atoms with Crippen LogP contribution in [0.4, 0.5) is 21.9 Å². The highest BCUT2D eigenvalue weighted by atomic mass is 16.3. The molecule has 3 aromatic rings. The fourth-order valence-corrected chi connectivity index (χ4v) is 4.36. The Bertz CT molecular complexity index is 1080. The average Bonchev–Trinajstić information content (AvgIpc) is 3.49. The summed E-state index contributed by atoms with van der Waals surface area (Å²) in [5.41, 5.74) is 3.23. The van der Waals surface area contributed by atoms with E-state index in [1.54, 1.807) is 36.6 Å². The summed E-state index contributed by atoms with van der Waals surface area (Å²) in [5.74, 6) is 0.500. The monoisotopic (exact) mass is 416 g/mol. The Kier molecular flexibility index (Phi) is 5.08. The number of hydrogen-bond donors (Lipinski definition) is 2. The highest BCUT2D eigenvalue weighted by molar-refractivity contribution is 6.05. The van der Waals surface area contributed by atoms with Gasteiger partial charge in [-0.25, -0.2) is 4.79 Å². The number of furan rings is 1. The molecule has 0 bridgehead atoms.